The number of ether oxygens (including phenoxy) is 3. The molecule has 28 heavy (non-hydrogen) atoms. The topological polar surface area (TPSA) is 62.1 Å². The summed E-state index contributed by atoms with van der Waals surface area (Å²) in [5, 5.41) is 0.629. The first-order valence-electron chi connectivity index (χ1n) is 8.59. The van der Waals surface area contributed by atoms with Crippen LogP contribution >= 0.6 is 22.9 Å². The van der Waals surface area contributed by atoms with Crippen molar-refractivity contribution in [1.82, 2.24) is 4.57 Å². The summed E-state index contributed by atoms with van der Waals surface area (Å²) in [4.78, 5) is 17.9. The van der Waals surface area contributed by atoms with Crippen LogP contribution in [-0.4, -0.2) is 38.4 Å². The molecule has 0 atom stereocenters. The van der Waals surface area contributed by atoms with Crippen molar-refractivity contribution < 1.29 is 19.0 Å². The van der Waals surface area contributed by atoms with Crippen molar-refractivity contribution >= 4 is 39.1 Å². The van der Waals surface area contributed by atoms with E-state index < -0.39 is 5.91 Å². The standard InChI is InChI=1S/C20H21ClN2O4S/c1-12-8-9-14(21)18-16(12)23(10-11-25-2)20(28-18)22-19(24)13-6-5-7-15(26-3)17(13)27-4/h5-9H,10-11H2,1-4H3. The molecule has 0 aliphatic heterocycles. The molecular formula is C20H21ClN2O4S. The second-order valence-electron chi connectivity index (χ2n) is 6.03. The van der Waals surface area contributed by atoms with Crippen LogP contribution in [0.5, 0.6) is 11.5 Å². The Morgan fingerprint density at radius 3 is 2.64 bits per heavy atom. The van der Waals surface area contributed by atoms with E-state index in [1.807, 2.05) is 23.6 Å². The minimum atomic E-state index is -0.415. The Kier molecular flexibility index (Phi) is 6.39. The van der Waals surface area contributed by atoms with Crippen LogP contribution in [0, 0.1) is 6.92 Å². The predicted molar refractivity (Wildman–Crippen MR) is 111 cm³/mol. The van der Waals surface area contributed by atoms with Crippen LogP contribution in [0.15, 0.2) is 35.3 Å². The Labute approximate surface area is 171 Å². The Morgan fingerprint density at radius 2 is 1.96 bits per heavy atom. The number of rotatable bonds is 6. The molecule has 8 heteroatoms. The maximum atomic E-state index is 13.0. The van der Waals surface area contributed by atoms with Gasteiger partial charge in [-0.3, -0.25) is 4.79 Å². The van der Waals surface area contributed by atoms with Gasteiger partial charge in [0.1, 0.15) is 0 Å². The molecule has 1 heterocycles. The third-order valence-corrected chi connectivity index (χ3v) is 5.87. The Hall–Kier alpha value is -2.35. The van der Waals surface area contributed by atoms with Crippen LogP contribution < -0.4 is 14.3 Å². The number of aromatic nitrogens is 1. The maximum Gasteiger partial charge on any atom is 0.283 e. The van der Waals surface area contributed by atoms with Crippen molar-refractivity contribution in [3.05, 3.63) is 51.3 Å². The largest absolute Gasteiger partial charge is 0.493 e. The second-order valence-corrected chi connectivity index (χ2v) is 7.41. The minimum Gasteiger partial charge on any atom is -0.493 e. The monoisotopic (exact) mass is 420 g/mol. The van der Waals surface area contributed by atoms with Crippen LogP contribution in [0.2, 0.25) is 5.02 Å². The van der Waals surface area contributed by atoms with Gasteiger partial charge in [-0.1, -0.05) is 35.1 Å². The van der Waals surface area contributed by atoms with Crippen LogP contribution in [-0.2, 0) is 11.3 Å². The second kappa shape index (κ2) is 8.77. The summed E-state index contributed by atoms with van der Waals surface area (Å²) in [6, 6.07) is 8.94. The quantitative estimate of drug-likeness (QED) is 0.603. The number of amides is 1. The SMILES string of the molecule is COCCn1c(=NC(=O)c2cccc(OC)c2OC)sc2c(Cl)ccc(C)c21. The molecule has 3 rings (SSSR count). The van der Waals surface area contributed by atoms with E-state index >= 15 is 0 Å². The molecule has 1 aromatic heterocycles. The van der Waals surface area contributed by atoms with E-state index in [-0.39, 0.29) is 0 Å². The molecule has 0 aliphatic rings. The molecule has 0 spiro atoms. The van der Waals surface area contributed by atoms with Crippen LogP contribution in [0.3, 0.4) is 0 Å². The zero-order valence-electron chi connectivity index (χ0n) is 16.1. The Balaban J connectivity index is 2.20. The van der Waals surface area contributed by atoms with Crippen molar-refractivity contribution in [3.8, 4) is 11.5 Å². The number of nitrogens with zero attached hydrogens (tertiary/aromatic N) is 2. The molecule has 0 aliphatic carbocycles. The number of methoxy groups -OCH3 is 3. The van der Waals surface area contributed by atoms with Crippen LogP contribution in [0.4, 0.5) is 0 Å². The van der Waals surface area contributed by atoms with Gasteiger partial charge >= 0.3 is 0 Å². The van der Waals surface area contributed by atoms with Crippen molar-refractivity contribution in [3.63, 3.8) is 0 Å². The summed E-state index contributed by atoms with van der Waals surface area (Å²) in [6.07, 6.45) is 0. The Morgan fingerprint density at radius 1 is 1.18 bits per heavy atom. The van der Waals surface area contributed by atoms with Gasteiger partial charge in [-0.25, -0.2) is 0 Å². The van der Waals surface area contributed by atoms with E-state index in [0.29, 0.717) is 40.0 Å². The molecule has 0 fully saturated rings. The minimum absolute atomic E-state index is 0.334. The highest BCUT2D eigenvalue weighted by Crippen LogP contribution is 2.32. The fourth-order valence-electron chi connectivity index (χ4n) is 3.00. The summed E-state index contributed by atoms with van der Waals surface area (Å²) in [6.45, 7) is 3.05. The first kappa shape index (κ1) is 20.4. The van der Waals surface area contributed by atoms with E-state index in [1.54, 1.807) is 25.3 Å². The van der Waals surface area contributed by atoms with Crippen LogP contribution in [0.1, 0.15) is 15.9 Å². The molecule has 148 valence electrons. The van der Waals surface area contributed by atoms with E-state index in [4.69, 9.17) is 25.8 Å². The molecule has 1 amide bonds. The molecule has 2 aromatic carbocycles. The van der Waals surface area contributed by atoms with Gasteiger partial charge < -0.3 is 18.8 Å². The van der Waals surface area contributed by atoms with E-state index in [9.17, 15) is 4.79 Å². The third-order valence-electron chi connectivity index (χ3n) is 4.33. The summed E-state index contributed by atoms with van der Waals surface area (Å²) in [5.74, 6) is 0.422. The highest BCUT2D eigenvalue weighted by molar-refractivity contribution is 7.17. The number of aryl methyl sites for hydroxylation is 1. The van der Waals surface area contributed by atoms with Crippen molar-refractivity contribution in [2.45, 2.75) is 13.5 Å². The van der Waals surface area contributed by atoms with E-state index in [2.05, 4.69) is 4.99 Å². The fourth-order valence-corrected chi connectivity index (χ4v) is 4.40. The summed E-state index contributed by atoms with van der Waals surface area (Å²) in [5.41, 5.74) is 2.35. The zero-order chi connectivity index (χ0) is 20.3. The molecule has 0 saturated heterocycles. The number of fused-ring (bicyclic) bond motifs is 1. The lowest BCUT2D eigenvalue weighted by molar-refractivity contribution is 0.0993. The van der Waals surface area contributed by atoms with Gasteiger partial charge in [0.2, 0.25) is 0 Å². The normalized spacial score (nSPS) is 11.8. The number of carbonyl (C=O) groups excluding carboxylic acids is 1. The summed E-state index contributed by atoms with van der Waals surface area (Å²) in [7, 11) is 4.66. The predicted octanol–water partition coefficient (Wildman–Crippen LogP) is 4.07. The molecular weight excluding hydrogens is 400 g/mol. The van der Waals surface area contributed by atoms with Crippen molar-refractivity contribution in [2.75, 3.05) is 27.9 Å². The number of hydrogen-bond acceptors (Lipinski definition) is 5. The number of para-hydroxylation sites is 1. The lowest BCUT2D eigenvalue weighted by atomic mass is 10.2. The fraction of sp³-hybridized carbons (Fsp3) is 0.300. The summed E-state index contributed by atoms with van der Waals surface area (Å²) < 4.78 is 18.7. The van der Waals surface area contributed by atoms with Gasteiger partial charge in [0, 0.05) is 13.7 Å². The third kappa shape index (κ3) is 3.78. The van der Waals surface area contributed by atoms with Gasteiger partial charge in [0.25, 0.3) is 5.91 Å². The van der Waals surface area contributed by atoms with Gasteiger partial charge in [-0.05, 0) is 30.7 Å². The van der Waals surface area contributed by atoms with E-state index in [0.717, 1.165) is 15.8 Å². The van der Waals surface area contributed by atoms with Gasteiger partial charge in [0.15, 0.2) is 16.3 Å². The smallest absolute Gasteiger partial charge is 0.283 e. The molecule has 0 bridgehead atoms. The van der Waals surface area contributed by atoms with E-state index in [1.165, 1.54) is 25.6 Å². The van der Waals surface area contributed by atoms with Gasteiger partial charge in [0.05, 0.1) is 41.6 Å². The van der Waals surface area contributed by atoms with Crippen LogP contribution in [0.25, 0.3) is 10.2 Å². The number of carbonyl (C=O) groups is 1. The number of benzene rings is 2. The van der Waals surface area contributed by atoms with Crippen molar-refractivity contribution in [2.24, 2.45) is 4.99 Å². The molecule has 0 radical (unpaired) electrons. The van der Waals surface area contributed by atoms with Gasteiger partial charge in [-0.15, -0.1) is 0 Å². The first-order valence-corrected chi connectivity index (χ1v) is 9.78. The molecule has 0 unspecified atom stereocenters. The maximum absolute atomic E-state index is 13.0. The number of thiazole rings is 1. The molecule has 0 saturated carbocycles. The molecule has 3 aromatic rings. The molecule has 6 nitrogen and oxygen atoms in total. The Bertz CT molecular complexity index is 1090. The summed E-state index contributed by atoms with van der Waals surface area (Å²) >= 11 is 7.77. The first-order chi connectivity index (χ1) is 13.5. The lowest BCUT2D eigenvalue weighted by Crippen LogP contribution is -2.20. The average Bonchev–Trinajstić information content (AvgIpc) is 3.07. The number of hydrogen-bond donors (Lipinski definition) is 0. The number of halogens is 1. The lowest BCUT2D eigenvalue weighted by Gasteiger charge is -2.10. The van der Waals surface area contributed by atoms with Gasteiger partial charge in [-0.2, -0.15) is 4.99 Å². The highest BCUT2D eigenvalue weighted by atomic mass is 35.5. The highest BCUT2D eigenvalue weighted by Gasteiger charge is 2.18. The molecule has 0 N–H and O–H groups in total. The zero-order valence-corrected chi connectivity index (χ0v) is 17.7. The van der Waals surface area contributed by atoms with Crippen molar-refractivity contribution in [1.29, 1.82) is 0 Å². The average molecular weight is 421 g/mol.